The van der Waals surface area contributed by atoms with Crippen LogP contribution < -0.4 is 0 Å². The van der Waals surface area contributed by atoms with Crippen molar-refractivity contribution in [3.05, 3.63) is 0 Å². The number of ether oxygens (including phenoxy) is 1. The average molecular weight is 232 g/mol. The van der Waals surface area contributed by atoms with E-state index in [-0.39, 0.29) is 17.4 Å². The molecule has 0 saturated carbocycles. The highest BCUT2D eigenvalue weighted by molar-refractivity contribution is 4.85. The lowest BCUT2D eigenvalue weighted by Gasteiger charge is -2.33. The van der Waals surface area contributed by atoms with E-state index >= 15 is 0 Å². The van der Waals surface area contributed by atoms with E-state index in [0.717, 1.165) is 6.42 Å². The second kappa shape index (κ2) is 5.48. The molecule has 0 radical (unpaired) electrons. The lowest BCUT2D eigenvalue weighted by molar-refractivity contribution is -0.00236. The molecule has 0 bridgehead atoms. The van der Waals surface area contributed by atoms with Crippen LogP contribution in [0.15, 0.2) is 0 Å². The normalized spacial score (nSPS) is 17.2. The van der Waals surface area contributed by atoms with Crippen LogP contribution in [0.1, 0.15) is 60.8 Å². The van der Waals surface area contributed by atoms with E-state index in [1.54, 1.807) is 7.11 Å². The molecule has 0 aliphatic carbocycles. The molecule has 0 aromatic rings. The standard InChI is InChI=1S/C14H29FO/c1-12(2,3)8-9-14(15,11-16-7)10-13(4,5)6/h8-11H2,1-7H3/t14-/m0/s1. The zero-order chi connectivity index (χ0) is 13.0. The van der Waals surface area contributed by atoms with Crippen LogP contribution in [0, 0.1) is 10.8 Å². The molecule has 0 aliphatic rings. The van der Waals surface area contributed by atoms with E-state index in [0.29, 0.717) is 12.8 Å². The van der Waals surface area contributed by atoms with Crippen molar-refractivity contribution in [2.75, 3.05) is 13.7 Å². The van der Waals surface area contributed by atoms with Gasteiger partial charge in [-0.25, -0.2) is 4.39 Å². The van der Waals surface area contributed by atoms with Gasteiger partial charge in [-0.2, -0.15) is 0 Å². The van der Waals surface area contributed by atoms with Crippen LogP contribution in [0.3, 0.4) is 0 Å². The third-order valence-corrected chi connectivity index (χ3v) is 2.57. The molecule has 0 N–H and O–H groups in total. The van der Waals surface area contributed by atoms with E-state index in [4.69, 9.17) is 4.74 Å². The van der Waals surface area contributed by atoms with Gasteiger partial charge in [0.25, 0.3) is 0 Å². The molecule has 0 saturated heterocycles. The average Bonchev–Trinajstić information content (AvgIpc) is 1.96. The summed E-state index contributed by atoms with van der Waals surface area (Å²) < 4.78 is 19.7. The molecule has 0 aromatic carbocycles. The smallest absolute Gasteiger partial charge is 0.134 e. The van der Waals surface area contributed by atoms with Crippen molar-refractivity contribution in [2.24, 2.45) is 10.8 Å². The Kier molecular flexibility index (Phi) is 5.45. The molecule has 1 nitrogen and oxygen atoms in total. The fraction of sp³-hybridized carbons (Fsp3) is 1.00. The van der Waals surface area contributed by atoms with Crippen molar-refractivity contribution < 1.29 is 9.13 Å². The summed E-state index contributed by atoms with van der Waals surface area (Å²) >= 11 is 0. The minimum atomic E-state index is -1.18. The van der Waals surface area contributed by atoms with Crippen LogP contribution in [-0.2, 0) is 4.74 Å². The van der Waals surface area contributed by atoms with Crippen LogP contribution >= 0.6 is 0 Å². The number of rotatable bonds is 5. The molecular weight excluding hydrogens is 203 g/mol. The van der Waals surface area contributed by atoms with Crippen LogP contribution in [0.5, 0.6) is 0 Å². The fourth-order valence-electron chi connectivity index (χ4n) is 2.02. The lowest BCUT2D eigenvalue weighted by atomic mass is 9.78. The Morgan fingerprint density at radius 2 is 1.38 bits per heavy atom. The van der Waals surface area contributed by atoms with E-state index in [2.05, 4.69) is 41.5 Å². The molecule has 0 aromatic heterocycles. The van der Waals surface area contributed by atoms with Gasteiger partial charge in [-0.15, -0.1) is 0 Å². The summed E-state index contributed by atoms with van der Waals surface area (Å²) in [6.07, 6.45) is 2.04. The summed E-state index contributed by atoms with van der Waals surface area (Å²) in [5.41, 5.74) is -0.992. The highest BCUT2D eigenvalue weighted by atomic mass is 19.1. The summed E-state index contributed by atoms with van der Waals surface area (Å²) in [5.74, 6) is 0. The number of halogens is 1. The fourth-order valence-corrected chi connectivity index (χ4v) is 2.02. The van der Waals surface area contributed by atoms with Crippen LogP contribution in [-0.4, -0.2) is 19.4 Å². The molecule has 2 heteroatoms. The maximum absolute atomic E-state index is 14.7. The summed E-state index contributed by atoms with van der Waals surface area (Å²) in [5, 5.41) is 0. The highest BCUT2D eigenvalue weighted by Crippen LogP contribution is 2.36. The van der Waals surface area contributed by atoms with Crippen molar-refractivity contribution >= 4 is 0 Å². The first kappa shape index (κ1) is 15.9. The van der Waals surface area contributed by atoms with Gasteiger partial charge in [-0.3, -0.25) is 0 Å². The first-order valence-electron chi connectivity index (χ1n) is 6.15. The summed E-state index contributed by atoms with van der Waals surface area (Å²) in [6, 6.07) is 0. The third kappa shape index (κ3) is 8.09. The Hall–Kier alpha value is -0.110. The minimum absolute atomic E-state index is 0.00512. The zero-order valence-corrected chi connectivity index (χ0v) is 12.1. The third-order valence-electron chi connectivity index (χ3n) is 2.57. The molecule has 0 rings (SSSR count). The summed E-state index contributed by atoms with van der Waals surface area (Å²) in [7, 11) is 1.58. The number of hydrogen-bond acceptors (Lipinski definition) is 1. The monoisotopic (exact) mass is 232 g/mol. The van der Waals surface area contributed by atoms with E-state index in [9.17, 15) is 4.39 Å². The topological polar surface area (TPSA) is 9.23 Å². The molecule has 0 heterocycles. The van der Waals surface area contributed by atoms with Crippen LogP contribution in [0.25, 0.3) is 0 Å². The quantitative estimate of drug-likeness (QED) is 0.673. The molecule has 0 amide bonds. The van der Waals surface area contributed by atoms with Crippen LogP contribution in [0.4, 0.5) is 4.39 Å². The lowest BCUT2D eigenvalue weighted by Crippen LogP contribution is -2.35. The Balaban J connectivity index is 4.45. The van der Waals surface area contributed by atoms with Crippen molar-refractivity contribution in [3.63, 3.8) is 0 Å². The first-order chi connectivity index (χ1) is 6.97. The van der Waals surface area contributed by atoms with Crippen molar-refractivity contribution in [1.82, 2.24) is 0 Å². The molecule has 98 valence electrons. The predicted molar refractivity (Wildman–Crippen MR) is 68.5 cm³/mol. The Morgan fingerprint density at radius 3 is 1.69 bits per heavy atom. The van der Waals surface area contributed by atoms with Gasteiger partial charge in [0.2, 0.25) is 0 Å². The molecule has 1 atom stereocenters. The van der Waals surface area contributed by atoms with Gasteiger partial charge in [-0.1, -0.05) is 41.5 Å². The molecule has 0 unspecified atom stereocenters. The zero-order valence-electron chi connectivity index (χ0n) is 12.1. The van der Waals surface area contributed by atoms with Gasteiger partial charge in [0.15, 0.2) is 0 Å². The van der Waals surface area contributed by atoms with E-state index in [1.807, 2.05) is 0 Å². The molecular formula is C14H29FO. The second-order valence-corrected chi connectivity index (χ2v) is 7.38. The SMILES string of the molecule is COC[C@](F)(CCC(C)(C)C)CC(C)(C)C. The maximum atomic E-state index is 14.7. The largest absolute Gasteiger partial charge is 0.381 e. The number of methoxy groups -OCH3 is 1. The van der Waals surface area contributed by atoms with E-state index < -0.39 is 5.67 Å². The summed E-state index contributed by atoms with van der Waals surface area (Å²) in [4.78, 5) is 0. The summed E-state index contributed by atoms with van der Waals surface area (Å²) in [6.45, 7) is 12.9. The minimum Gasteiger partial charge on any atom is -0.381 e. The van der Waals surface area contributed by atoms with Gasteiger partial charge in [0.1, 0.15) is 5.67 Å². The van der Waals surface area contributed by atoms with Gasteiger partial charge >= 0.3 is 0 Å². The number of hydrogen-bond donors (Lipinski definition) is 0. The van der Waals surface area contributed by atoms with Gasteiger partial charge in [0.05, 0.1) is 6.61 Å². The van der Waals surface area contributed by atoms with Crippen LogP contribution in [0.2, 0.25) is 0 Å². The molecule has 16 heavy (non-hydrogen) atoms. The molecule has 0 spiro atoms. The van der Waals surface area contributed by atoms with E-state index in [1.165, 1.54) is 0 Å². The maximum Gasteiger partial charge on any atom is 0.134 e. The number of alkyl halides is 1. The highest BCUT2D eigenvalue weighted by Gasteiger charge is 2.35. The molecule has 0 fully saturated rings. The Bertz CT molecular complexity index is 200. The Labute approximate surface area is 101 Å². The predicted octanol–water partition coefficient (Wildman–Crippen LogP) is 4.60. The first-order valence-corrected chi connectivity index (χ1v) is 6.15. The van der Waals surface area contributed by atoms with Gasteiger partial charge in [-0.05, 0) is 30.1 Å². The van der Waals surface area contributed by atoms with Gasteiger partial charge in [0, 0.05) is 7.11 Å². The van der Waals surface area contributed by atoms with Gasteiger partial charge < -0.3 is 4.74 Å². The van der Waals surface area contributed by atoms with Crippen molar-refractivity contribution in [2.45, 2.75) is 66.5 Å². The Morgan fingerprint density at radius 1 is 0.875 bits per heavy atom. The second-order valence-electron chi connectivity index (χ2n) is 7.38. The van der Waals surface area contributed by atoms with Crippen molar-refractivity contribution in [3.8, 4) is 0 Å². The van der Waals surface area contributed by atoms with Crippen molar-refractivity contribution in [1.29, 1.82) is 0 Å². The molecule has 0 aliphatic heterocycles.